The van der Waals surface area contributed by atoms with Crippen LogP contribution in [0.1, 0.15) is 208 Å². The Hall–Kier alpha value is -2.43. The largest absolute Gasteiger partial charge is 0.472 e. The molecule has 0 saturated carbocycles. The second-order valence-electron chi connectivity index (χ2n) is 17.1. The topological polar surface area (TPSA) is 147 Å². The van der Waals surface area contributed by atoms with Gasteiger partial charge in [0.2, 0.25) is 0 Å². The molecule has 0 aromatic carbocycles. The van der Waals surface area contributed by atoms with E-state index in [9.17, 15) is 19.0 Å². The number of esters is 2. The van der Waals surface area contributed by atoms with Gasteiger partial charge in [0.1, 0.15) is 29.6 Å². The third-order valence-electron chi connectivity index (χ3n) is 11.5. The number of unbranched alkanes of at least 4 members (excludes halogenated alkanes) is 18. The molecule has 2 aromatic rings. The number of phosphoric acid groups is 1. The van der Waals surface area contributed by atoms with Gasteiger partial charge in [-0.3, -0.25) is 18.6 Å². The molecule has 0 aliphatic heterocycles. The molecule has 0 amide bonds. The van der Waals surface area contributed by atoms with Gasteiger partial charge in [-0.1, -0.05) is 117 Å². The molecule has 2 atom stereocenters. The Morgan fingerprint density at radius 2 is 1.11 bits per heavy atom. The van der Waals surface area contributed by atoms with Crippen molar-refractivity contribution in [3.05, 3.63) is 45.8 Å². The maximum absolute atomic E-state index is 12.7. The lowest BCUT2D eigenvalue weighted by molar-refractivity contribution is -0.161. The normalized spacial score (nSPS) is 13.1. The van der Waals surface area contributed by atoms with Gasteiger partial charge in [0, 0.05) is 45.1 Å². The number of carbonyl (C=O) groups excluding carboxylic acids is 2. The summed E-state index contributed by atoms with van der Waals surface area (Å²) in [7, 11) is -2.67. The summed E-state index contributed by atoms with van der Waals surface area (Å²) < 4.78 is 45.6. The van der Waals surface area contributed by atoms with E-state index in [0.29, 0.717) is 13.0 Å². The van der Waals surface area contributed by atoms with Crippen molar-refractivity contribution in [2.45, 2.75) is 221 Å². The van der Waals surface area contributed by atoms with Gasteiger partial charge in [0.15, 0.2) is 6.10 Å². The van der Waals surface area contributed by atoms with Crippen molar-refractivity contribution in [2.24, 2.45) is 0 Å². The fourth-order valence-corrected chi connectivity index (χ4v) is 8.37. The summed E-state index contributed by atoms with van der Waals surface area (Å²) in [6, 6.07) is 2.18. The number of hydrogen-bond donors (Lipinski definition) is 2. The molecule has 0 radical (unpaired) electrons. The zero-order chi connectivity index (χ0) is 44.6. The Bertz CT molecular complexity index is 1490. The van der Waals surface area contributed by atoms with E-state index < -0.39 is 26.5 Å². The van der Waals surface area contributed by atoms with Gasteiger partial charge in [0.25, 0.3) is 0 Å². The molecule has 0 saturated heterocycles. The van der Waals surface area contributed by atoms with Crippen LogP contribution < -0.4 is 5.32 Å². The fourth-order valence-electron chi connectivity index (χ4n) is 7.62. The van der Waals surface area contributed by atoms with Crippen molar-refractivity contribution in [1.82, 2.24) is 5.32 Å². The van der Waals surface area contributed by atoms with Crippen molar-refractivity contribution < 1.29 is 46.4 Å². The molecule has 0 aliphatic rings. The second-order valence-corrected chi connectivity index (χ2v) is 18.5. The van der Waals surface area contributed by atoms with Crippen LogP contribution in [0.25, 0.3) is 0 Å². The summed E-state index contributed by atoms with van der Waals surface area (Å²) in [5.41, 5.74) is 3.96. The molecule has 61 heavy (non-hydrogen) atoms. The van der Waals surface area contributed by atoms with Crippen molar-refractivity contribution in [1.29, 1.82) is 0 Å². The highest BCUT2D eigenvalue weighted by atomic mass is 31.2. The molecule has 2 rings (SSSR count). The smallest absolute Gasteiger partial charge is 0.466 e. The van der Waals surface area contributed by atoms with E-state index in [0.717, 1.165) is 95.0 Å². The van der Waals surface area contributed by atoms with Crippen LogP contribution in [0.2, 0.25) is 0 Å². The van der Waals surface area contributed by atoms with Crippen LogP contribution in [0.3, 0.4) is 0 Å². The van der Waals surface area contributed by atoms with Gasteiger partial charge in [-0.25, -0.2) is 4.57 Å². The predicted molar refractivity (Wildman–Crippen MR) is 245 cm³/mol. The highest BCUT2D eigenvalue weighted by Gasteiger charge is 2.26. The van der Waals surface area contributed by atoms with Crippen molar-refractivity contribution in [2.75, 3.05) is 33.4 Å². The zero-order valence-corrected chi connectivity index (χ0v) is 40.2. The van der Waals surface area contributed by atoms with Gasteiger partial charge >= 0.3 is 19.8 Å². The first-order valence-electron chi connectivity index (χ1n) is 24.3. The molecule has 1 unspecified atom stereocenters. The number of aryl methyl sites for hydroxylation is 5. The van der Waals surface area contributed by atoms with Crippen molar-refractivity contribution in [3.8, 4) is 0 Å². The number of carbonyl (C=O) groups is 2. The zero-order valence-electron chi connectivity index (χ0n) is 39.4. The molecule has 12 heteroatoms. The SMILES string of the molecule is CCCCCc1oc(CCCCCCCCCCCCC(=O)O[C@H](COC(=O)CCCCCCCCCCc2oc(CCC)cc2C)COP(=O)(O)OCCNC)c(C)c1C. The Labute approximate surface area is 370 Å². The van der Waals surface area contributed by atoms with E-state index in [1.54, 1.807) is 7.05 Å². The van der Waals surface area contributed by atoms with E-state index in [2.05, 4.69) is 46.0 Å². The first kappa shape index (κ1) is 54.7. The molecule has 2 aromatic heterocycles. The van der Waals surface area contributed by atoms with Crippen LogP contribution in [0.4, 0.5) is 0 Å². The maximum Gasteiger partial charge on any atom is 0.472 e. The maximum atomic E-state index is 12.7. The summed E-state index contributed by atoms with van der Waals surface area (Å²) in [6.45, 7) is 10.6. The molecule has 0 spiro atoms. The number of furan rings is 2. The highest BCUT2D eigenvalue weighted by molar-refractivity contribution is 7.47. The molecule has 0 fully saturated rings. The third kappa shape index (κ3) is 26.1. The highest BCUT2D eigenvalue weighted by Crippen LogP contribution is 2.43. The monoisotopic (exact) mass is 880 g/mol. The molecule has 2 heterocycles. The van der Waals surface area contributed by atoms with Crippen LogP contribution >= 0.6 is 7.82 Å². The quantitative estimate of drug-likeness (QED) is 0.0374. The standard InChI is InChI=1S/C49H86NO10P/c1-7-9-24-31-46-41(4)42(5)47(60-46)32-26-21-17-12-10-11-13-19-23-28-34-49(52)59-44(39-57-61(53,54)56-36-35-50-6)38-55-48(51)33-27-22-18-15-14-16-20-25-30-45-40(3)37-43(58-45)29-8-2/h37,44,50H,7-36,38-39H2,1-6H3,(H,53,54)/t44-/m1/s1. The first-order chi connectivity index (χ1) is 29.5. The van der Waals surface area contributed by atoms with E-state index in [4.69, 9.17) is 27.4 Å². The van der Waals surface area contributed by atoms with Crippen molar-refractivity contribution in [3.63, 3.8) is 0 Å². The molecule has 11 nitrogen and oxygen atoms in total. The lowest BCUT2D eigenvalue weighted by Crippen LogP contribution is -2.29. The van der Waals surface area contributed by atoms with Crippen LogP contribution in [0, 0.1) is 20.8 Å². The number of rotatable bonds is 40. The van der Waals surface area contributed by atoms with Crippen molar-refractivity contribution >= 4 is 19.8 Å². The Morgan fingerprint density at radius 3 is 1.64 bits per heavy atom. The number of phosphoric ester groups is 1. The van der Waals surface area contributed by atoms with Crippen LogP contribution in [-0.4, -0.2) is 56.3 Å². The van der Waals surface area contributed by atoms with Crippen LogP contribution in [-0.2, 0) is 58.4 Å². The van der Waals surface area contributed by atoms with Gasteiger partial charge in [-0.15, -0.1) is 0 Å². The van der Waals surface area contributed by atoms with E-state index in [-0.39, 0.29) is 32.0 Å². The molecular formula is C49H86NO10P. The molecule has 0 bridgehead atoms. The number of likely N-dealkylation sites (N-methyl/N-ethyl adjacent to an activating group) is 1. The Balaban J connectivity index is 1.56. The number of hydrogen-bond acceptors (Lipinski definition) is 10. The van der Waals surface area contributed by atoms with Gasteiger partial charge in [-0.2, -0.15) is 0 Å². The average Bonchev–Trinajstić information content (AvgIpc) is 3.72. The summed E-state index contributed by atoms with van der Waals surface area (Å²) in [5, 5.41) is 2.83. The summed E-state index contributed by atoms with van der Waals surface area (Å²) >= 11 is 0. The third-order valence-corrected chi connectivity index (χ3v) is 12.5. The van der Waals surface area contributed by atoms with Gasteiger partial charge in [0.05, 0.1) is 13.2 Å². The summed E-state index contributed by atoms with van der Waals surface area (Å²) in [4.78, 5) is 35.3. The minimum Gasteiger partial charge on any atom is -0.466 e. The van der Waals surface area contributed by atoms with Gasteiger partial charge < -0.3 is 28.5 Å². The lowest BCUT2D eigenvalue weighted by Gasteiger charge is -2.20. The van der Waals surface area contributed by atoms with Crippen LogP contribution in [0.15, 0.2) is 14.9 Å². The van der Waals surface area contributed by atoms with E-state index >= 15 is 0 Å². The number of ether oxygens (including phenoxy) is 2. The second kappa shape index (κ2) is 34.0. The van der Waals surface area contributed by atoms with E-state index in [1.807, 2.05) is 0 Å². The molecule has 0 aliphatic carbocycles. The summed E-state index contributed by atoms with van der Waals surface area (Å²) in [6.07, 6.45) is 28.0. The van der Waals surface area contributed by atoms with Gasteiger partial charge in [-0.05, 0) is 89.1 Å². The molecule has 2 N–H and O–H groups in total. The average molecular weight is 880 g/mol. The Morgan fingerprint density at radius 1 is 0.623 bits per heavy atom. The predicted octanol–water partition coefficient (Wildman–Crippen LogP) is 12.9. The summed E-state index contributed by atoms with van der Waals surface area (Å²) in [5.74, 6) is 3.78. The lowest BCUT2D eigenvalue weighted by atomic mass is 10.0. The first-order valence-corrected chi connectivity index (χ1v) is 25.8. The fraction of sp³-hybridized carbons (Fsp3) is 0.796. The molecular weight excluding hydrogens is 794 g/mol. The molecule has 352 valence electrons. The number of nitrogens with one attached hydrogen (secondary N) is 1. The van der Waals surface area contributed by atoms with E-state index in [1.165, 1.54) is 105 Å². The minimum atomic E-state index is -4.37. The Kier molecular flexibility index (Phi) is 30.5. The van der Waals surface area contributed by atoms with Crippen LogP contribution in [0.5, 0.6) is 0 Å². The minimum absolute atomic E-state index is 0.0267.